The van der Waals surface area contributed by atoms with Crippen molar-refractivity contribution in [2.45, 2.75) is 57.5 Å². The van der Waals surface area contributed by atoms with E-state index >= 15 is 0 Å². The van der Waals surface area contributed by atoms with Crippen molar-refractivity contribution < 1.29 is 9.53 Å². The summed E-state index contributed by atoms with van der Waals surface area (Å²) in [7, 11) is 0. The molecule has 1 aromatic rings. The minimum Gasteiger partial charge on any atom is -0.367 e. The Kier molecular flexibility index (Phi) is 5.73. The van der Waals surface area contributed by atoms with Crippen LogP contribution in [0.4, 0.5) is 0 Å². The second kappa shape index (κ2) is 7.32. The molecule has 4 heteroatoms. The molecule has 0 amide bonds. The van der Waals surface area contributed by atoms with Crippen LogP contribution in [0.1, 0.15) is 51.1 Å². The number of hydrogen-bond donors (Lipinski definition) is 0. The van der Waals surface area contributed by atoms with E-state index in [1.165, 1.54) is 12.8 Å². The molecule has 0 atom stereocenters. The van der Waals surface area contributed by atoms with Crippen LogP contribution in [0.2, 0.25) is 0 Å². The molecule has 1 aliphatic rings. The molecule has 1 aromatic heterocycles. The first-order valence-corrected chi connectivity index (χ1v) is 8.23. The molecule has 2 rings (SSSR count). The average Bonchev–Trinajstić information content (AvgIpc) is 2.68. The van der Waals surface area contributed by atoms with Gasteiger partial charge in [-0.05, 0) is 47.8 Å². The van der Waals surface area contributed by atoms with Crippen LogP contribution in [-0.4, -0.2) is 23.0 Å². The standard InChI is InChI=1S/C16H22BrNO2/c1-2-20-16(9-5-3-4-6-10-16)15(19)11-14-8-7-13(17)12-18-14/h7-8,12H,2-6,9-11H2,1H3. The molecule has 0 radical (unpaired) electrons. The van der Waals surface area contributed by atoms with Crippen molar-refractivity contribution in [2.24, 2.45) is 0 Å². The number of rotatable bonds is 5. The van der Waals surface area contributed by atoms with Crippen LogP contribution in [0.25, 0.3) is 0 Å². The summed E-state index contributed by atoms with van der Waals surface area (Å²) >= 11 is 3.36. The maximum absolute atomic E-state index is 12.7. The van der Waals surface area contributed by atoms with E-state index in [2.05, 4.69) is 20.9 Å². The molecule has 1 saturated carbocycles. The largest absolute Gasteiger partial charge is 0.367 e. The predicted octanol–water partition coefficient (Wildman–Crippen LogP) is 4.09. The lowest BCUT2D eigenvalue weighted by Gasteiger charge is -2.31. The van der Waals surface area contributed by atoms with Crippen molar-refractivity contribution in [2.75, 3.05) is 6.61 Å². The minimum absolute atomic E-state index is 0.191. The quantitative estimate of drug-likeness (QED) is 0.758. The smallest absolute Gasteiger partial charge is 0.170 e. The Balaban J connectivity index is 2.11. The molecule has 0 saturated heterocycles. The average molecular weight is 340 g/mol. The number of Topliss-reactive ketones (excluding diaryl/α,β-unsaturated/α-hetero) is 1. The van der Waals surface area contributed by atoms with Gasteiger partial charge in [-0.3, -0.25) is 9.78 Å². The number of ketones is 1. The fraction of sp³-hybridized carbons (Fsp3) is 0.625. The fourth-order valence-electron chi connectivity index (χ4n) is 2.92. The van der Waals surface area contributed by atoms with E-state index < -0.39 is 5.60 Å². The molecule has 1 heterocycles. The Morgan fingerprint density at radius 3 is 2.55 bits per heavy atom. The Hall–Kier alpha value is -0.740. The van der Waals surface area contributed by atoms with Crippen molar-refractivity contribution in [1.82, 2.24) is 4.98 Å². The number of pyridine rings is 1. The lowest BCUT2D eigenvalue weighted by molar-refractivity contribution is -0.145. The molecule has 0 N–H and O–H groups in total. The fourth-order valence-corrected chi connectivity index (χ4v) is 3.15. The summed E-state index contributed by atoms with van der Waals surface area (Å²) in [4.78, 5) is 17.0. The Bertz CT molecular complexity index is 436. The van der Waals surface area contributed by atoms with E-state index in [4.69, 9.17) is 4.74 Å². The molecule has 20 heavy (non-hydrogen) atoms. The van der Waals surface area contributed by atoms with Gasteiger partial charge in [0.2, 0.25) is 0 Å². The molecule has 0 bridgehead atoms. The number of aromatic nitrogens is 1. The van der Waals surface area contributed by atoms with Gasteiger partial charge < -0.3 is 4.74 Å². The summed E-state index contributed by atoms with van der Waals surface area (Å²) in [6.45, 7) is 2.57. The zero-order valence-electron chi connectivity index (χ0n) is 12.0. The number of carbonyl (C=O) groups is 1. The Morgan fingerprint density at radius 1 is 1.30 bits per heavy atom. The molecule has 1 aliphatic carbocycles. The second-order valence-electron chi connectivity index (χ2n) is 5.41. The van der Waals surface area contributed by atoms with Gasteiger partial charge in [-0.15, -0.1) is 0 Å². The lowest BCUT2D eigenvalue weighted by atomic mass is 9.87. The molecular weight excluding hydrogens is 318 g/mol. The summed E-state index contributed by atoms with van der Waals surface area (Å²) in [5.41, 5.74) is 0.251. The van der Waals surface area contributed by atoms with Crippen LogP contribution >= 0.6 is 15.9 Å². The third kappa shape index (κ3) is 3.89. The summed E-state index contributed by atoms with van der Waals surface area (Å²) in [6.07, 6.45) is 8.40. The zero-order chi connectivity index (χ0) is 14.4. The highest BCUT2D eigenvalue weighted by atomic mass is 79.9. The van der Waals surface area contributed by atoms with Crippen LogP contribution in [-0.2, 0) is 16.0 Å². The summed E-state index contributed by atoms with van der Waals surface area (Å²) < 4.78 is 6.85. The highest BCUT2D eigenvalue weighted by Crippen LogP contribution is 2.32. The SMILES string of the molecule is CCOC1(C(=O)Cc2ccc(Br)cn2)CCCCCC1. The van der Waals surface area contributed by atoms with Gasteiger partial charge in [0.15, 0.2) is 5.78 Å². The first kappa shape index (κ1) is 15.6. The molecule has 1 fully saturated rings. The van der Waals surface area contributed by atoms with Crippen LogP contribution in [0.5, 0.6) is 0 Å². The van der Waals surface area contributed by atoms with Crippen LogP contribution in [0.15, 0.2) is 22.8 Å². The van der Waals surface area contributed by atoms with Gasteiger partial charge in [-0.2, -0.15) is 0 Å². The Morgan fingerprint density at radius 2 is 2.00 bits per heavy atom. The van der Waals surface area contributed by atoms with Gasteiger partial charge in [0, 0.05) is 23.0 Å². The molecule has 0 aliphatic heterocycles. The first-order valence-electron chi connectivity index (χ1n) is 7.44. The molecule has 110 valence electrons. The van der Waals surface area contributed by atoms with Crippen LogP contribution in [0, 0.1) is 0 Å². The molecule has 3 nitrogen and oxygen atoms in total. The molecule has 0 unspecified atom stereocenters. The minimum atomic E-state index is -0.569. The summed E-state index contributed by atoms with van der Waals surface area (Å²) in [5, 5.41) is 0. The molecule has 0 aromatic carbocycles. The summed E-state index contributed by atoms with van der Waals surface area (Å²) in [5.74, 6) is 0.191. The van der Waals surface area contributed by atoms with Gasteiger partial charge in [0.1, 0.15) is 5.60 Å². The van der Waals surface area contributed by atoms with Crippen molar-refractivity contribution in [3.05, 3.63) is 28.5 Å². The number of carbonyl (C=O) groups excluding carboxylic acids is 1. The number of ether oxygens (including phenoxy) is 1. The van der Waals surface area contributed by atoms with Crippen LogP contribution in [0.3, 0.4) is 0 Å². The van der Waals surface area contributed by atoms with Gasteiger partial charge in [-0.1, -0.05) is 25.7 Å². The lowest BCUT2D eigenvalue weighted by Crippen LogP contribution is -2.42. The van der Waals surface area contributed by atoms with E-state index in [1.807, 2.05) is 19.1 Å². The van der Waals surface area contributed by atoms with E-state index in [0.29, 0.717) is 13.0 Å². The molecular formula is C16H22BrNO2. The third-order valence-corrected chi connectivity index (χ3v) is 4.44. The van der Waals surface area contributed by atoms with Crippen molar-refractivity contribution in [1.29, 1.82) is 0 Å². The van der Waals surface area contributed by atoms with E-state index in [9.17, 15) is 4.79 Å². The van der Waals surface area contributed by atoms with Crippen molar-refractivity contribution in [3.63, 3.8) is 0 Å². The third-order valence-electron chi connectivity index (χ3n) is 3.97. The van der Waals surface area contributed by atoms with Gasteiger partial charge in [0.05, 0.1) is 6.42 Å². The highest BCUT2D eigenvalue weighted by Gasteiger charge is 2.38. The first-order chi connectivity index (χ1) is 9.66. The second-order valence-corrected chi connectivity index (χ2v) is 6.32. The van der Waals surface area contributed by atoms with Gasteiger partial charge >= 0.3 is 0 Å². The maximum atomic E-state index is 12.7. The van der Waals surface area contributed by atoms with Crippen LogP contribution < -0.4 is 0 Å². The van der Waals surface area contributed by atoms with Crippen molar-refractivity contribution >= 4 is 21.7 Å². The van der Waals surface area contributed by atoms with Crippen molar-refractivity contribution in [3.8, 4) is 0 Å². The number of nitrogens with zero attached hydrogens (tertiary/aromatic N) is 1. The van der Waals surface area contributed by atoms with E-state index in [-0.39, 0.29) is 5.78 Å². The van der Waals surface area contributed by atoms with Gasteiger partial charge in [-0.25, -0.2) is 0 Å². The maximum Gasteiger partial charge on any atom is 0.170 e. The zero-order valence-corrected chi connectivity index (χ0v) is 13.6. The molecule has 0 spiro atoms. The monoisotopic (exact) mass is 339 g/mol. The number of halogens is 1. The normalized spacial score (nSPS) is 18.5. The van der Waals surface area contributed by atoms with E-state index in [1.54, 1.807) is 6.20 Å². The highest BCUT2D eigenvalue weighted by molar-refractivity contribution is 9.10. The van der Waals surface area contributed by atoms with E-state index in [0.717, 1.165) is 35.8 Å². The number of hydrogen-bond acceptors (Lipinski definition) is 3. The summed E-state index contributed by atoms with van der Waals surface area (Å²) in [6, 6.07) is 3.83. The predicted molar refractivity (Wildman–Crippen MR) is 82.7 cm³/mol. The Labute approximate surface area is 129 Å². The topological polar surface area (TPSA) is 39.2 Å². The van der Waals surface area contributed by atoms with Gasteiger partial charge in [0.25, 0.3) is 0 Å².